The summed E-state index contributed by atoms with van der Waals surface area (Å²) >= 11 is 0. The van der Waals surface area contributed by atoms with E-state index in [4.69, 9.17) is 0 Å². The second-order valence-corrected chi connectivity index (χ2v) is 5.33. The van der Waals surface area contributed by atoms with Gasteiger partial charge >= 0.3 is 0 Å². The number of aryl methyl sites for hydroxylation is 2. The number of hydrogen-bond donors (Lipinski definition) is 1. The summed E-state index contributed by atoms with van der Waals surface area (Å²) < 4.78 is 0. The Labute approximate surface area is 129 Å². The maximum atomic E-state index is 12.3. The molecule has 1 unspecified atom stereocenters. The quantitative estimate of drug-likeness (QED) is 0.691. The number of nitro groups is 1. The lowest BCUT2D eigenvalue weighted by molar-refractivity contribution is -0.385. The summed E-state index contributed by atoms with van der Waals surface area (Å²) in [4.78, 5) is 22.8. The minimum Gasteiger partial charge on any atom is -0.345 e. The molecule has 2 rings (SSSR count). The Morgan fingerprint density at radius 3 is 2.55 bits per heavy atom. The fraction of sp³-hybridized carbons (Fsp3) is 0.235. The van der Waals surface area contributed by atoms with Crippen LogP contribution in [-0.2, 0) is 0 Å². The smallest absolute Gasteiger partial charge is 0.282 e. The summed E-state index contributed by atoms with van der Waals surface area (Å²) in [5, 5.41) is 13.8. The molecule has 114 valence electrons. The van der Waals surface area contributed by atoms with Gasteiger partial charge in [-0.3, -0.25) is 14.9 Å². The zero-order chi connectivity index (χ0) is 16.3. The van der Waals surface area contributed by atoms with Crippen molar-refractivity contribution in [1.29, 1.82) is 0 Å². The summed E-state index contributed by atoms with van der Waals surface area (Å²) in [5.41, 5.74) is 3.07. The van der Waals surface area contributed by atoms with E-state index in [2.05, 4.69) is 5.32 Å². The van der Waals surface area contributed by atoms with Gasteiger partial charge in [0.15, 0.2) is 0 Å². The van der Waals surface area contributed by atoms with Crippen LogP contribution in [-0.4, -0.2) is 10.8 Å². The van der Waals surface area contributed by atoms with Crippen LogP contribution < -0.4 is 5.32 Å². The molecule has 0 fully saturated rings. The molecule has 0 heterocycles. The number of para-hydroxylation sites is 1. The summed E-state index contributed by atoms with van der Waals surface area (Å²) in [6, 6.07) is 11.7. The highest BCUT2D eigenvalue weighted by molar-refractivity contribution is 5.98. The lowest BCUT2D eigenvalue weighted by Crippen LogP contribution is -2.27. The molecule has 1 amide bonds. The van der Waals surface area contributed by atoms with E-state index in [1.165, 1.54) is 12.1 Å². The van der Waals surface area contributed by atoms with Crippen molar-refractivity contribution in [2.45, 2.75) is 26.8 Å². The van der Waals surface area contributed by atoms with Crippen molar-refractivity contribution in [2.75, 3.05) is 0 Å². The summed E-state index contributed by atoms with van der Waals surface area (Å²) in [5.74, 6) is -0.444. The Kier molecular flexibility index (Phi) is 4.56. The maximum absolute atomic E-state index is 12.3. The minimum absolute atomic E-state index is 0.0738. The Balaban J connectivity index is 2.25. The zero-order valence-corrected chi connectivity index (χ0v) is 12.8. The van der Waals surface area contributed by atoms with Crippen LogP contribution in [0.3, 0.4) is 0 Å². The van der Waals surface area contributed by atoms with E-state index in [1.807, 2.05) is 39.0 Å². The van der Waals surface area contributed by atoms with Crippen LogP contribution in [0.5, 0.6) is 0 Å². The van der Waals surface area contributed by atoms with Gasteiger partial charge in [-0.1, -0.05) is 35.9 Å². The van der Waals surface area contributed by atoms with E-state index in [9.17, 15) is 14.9 Å². The van der Waals surface area contributed by atoms with E-state index < -0.39 is 10.8 Å². The molecule has 0 spiro atoms. The van der Waals surface area contributed by atoms with Gasteiger partial charge in [-0.2, -0.15) is 0 Å². The molecular formula is C17H18N2O3. The van der Waals surface area contributed by atoms with Crippen LogP contribution in [0.25, 0.3) is 0 Å². The van der Waals surface area contributed by atoms with E-state index in [1.54, 1.807) is 12.1 Å². The second-order valence-electron chi connectivity index (χ2n) is 5.33. The third-order valence-electron chi connectivity index (χ3n) is 3.59. The van der Waals surface area contributed by atoms with Gasteiger partial charge in [0.1, 0.15) is 5.56 Å². The van der Waals surface area contributed by atoms with Gasteiger partial charge in [-0.25, -0.2) is 0 Å². The average Bonchev–Trinajstić information content (AvgIpc) is 2.49. The van der Waals surface area contributed by atoms with Crippen molar-refractivity contribution < 1.29 is 9.72 Å². The lowest BCUT2D eigenvalue weighted by atomic mass is 9.99. The highest BCUT2D eigenvalue weighted by Crippen LogP contribution is 2.22. The van der Waals surface area contributed by atoms with Crippen molar-refractivity contribution in [1.82, 2.24) is 5.32 Å². The molecule has 0 saturated heterocycles. The summed E-state index contributed by atoms with van der Waals surface area (Å²) in [6.45, 7) is 5.83. The zero-order valence-electron chi connectivity index (χ0n) is 12.8. The van der Waals surface area contributed by atoms with Crippen LogP contribution in [0.1, 0.15) is 40.0 Å². The number of rotatable bonds is 4. The van der Waals surface area contributed by atoms with Crippen molar-refractivity contribution in [2.24, 2.45) is 0 Å². The van der Waals surface area contributed by atoms with Crippen molar-refractivity contribution in [3.63, 3.8) is 0 Å². The number of carbonyl (C=O) groups excluding carboxylic acids is 1. The molecule has 5 nitrogen and oxygen atoms in total. The molecule has 22 heavy (non-hydrogen) atoms. The Morgan fingerprint density at radius 2 is 1.86 bits per heavy atom. The molecule has 0 saturated carbocycles. The monoisotopic (exact) mass is 298 g/mol. The lowest BCUT2D eigenvalue weighted by Gasteiger charge is -2.17. The molecule has 5 heteroatoms. The Hall–Kier alpha value is -2.69. The molecule has 0 aromatic heterocycles. The topological polar surface area (TPSA) is 72.2 Å². The summed E-state index contributed by atoms with van der Waals surface area (Å²) in [6.07, 6.45) is 0. The van der Waals surface area contributed by atoms with Crippen LogP contribution in [0, 0.1) is 24.0 Å². The van der Waals surface area contributed by atoms with Gasteiger partial charge < -0.3 is 5.32 Å². The number of nitrogens with one attached hydrogen (secondary N) is 1. The Morgan fingerprint density at radius 1 is 1.18 bits per heavy atom. The van der Waals surface area contributed by atoms with Gasteiger partial charge in [-0.15, -0.1) is 0 Å². The highest BCUT2D eigenvalue weighted by Gasteiger charge is 2.21. The first-order chi connectivity index (χ1) is 10.4. The molecular weight excluding hydrogens is 280 g/mol. The van der Waals surface area contributed by atoms with Crippen molar-refractivity contribution >= 4 is 11.6 Å². The van der Waals surface area contributed by atoms with Gasteiger partial charge in [0.2, 0.25) is 0 Å². The van der Waals surface area contributed by atoms with Crippen LogP contribution in [0.4, 0.5) is 5.69 Å². The SMILES string of the molecule is Cc1ccc(C)c(C(C)NC(=O)c2ccccc2[N+](=O)[O-])c1. The van der Waals surface area contributed by atoms with E-state index in [0.717, 1.165) is 16.7 Å². The third-order valence-corrected chi connectivity index (χ3v) is 3.59. The molecule has 0 aliphatic heterocycles. The molecule has 1 N–H and O–H groups in total. The molecule has 0 aliphatic rings. The van der Waals surface area contributed by atoms with E-state index in [0.29, 0.717) is 0 Å². The third kappa shape index (κ3) is 3.31. The summed E-state index contributed by atoms with van der Waals surface area (Å²) in [7, 11) is 0. The van der Waals surface area contributed by atoms with E-state index in [-0.39, 0.29) is 17.3 Å². The second kappa shape index (κ2) is 6.39. The first-order valence-corrected chi connectivity index (χ1v) is 7.01. The molecule has 2 aromatic rings. The predicted octanol–water partition coefficient (Wildman–Crippen LogP) is 3.70. The standard InChI is InChI=1S/C17H18N2O3/c1-11-8-9-12(2)15(10-11)13(3)18-17(20)14-6-4-5-7-16(14)19(21)22/h4-10,13H,1-3H3,(H,18,20). The molecule has 0 bridgehead atoms. The number of nitro benzene ring substituents is 1. The molecule has 1 atom stereocenters. The van der Waals surface area contributed by atoms with Crippen molar-refractivity contribution in [3.05, 3.63) is 74.8 Å². The average molecular weight is 298 g/mol. The highest BCUT2D eigenvalue weighted by atomic mass is 16.6. The largest absolute Gasteiger partial charge is 0.345 e. The van der Waals surface area contributed by atoms with Crippen molar-refractivity contribution in [3.8, 4) is 0 Å². The van der Waals surface area contributed by atoms with Gasteiger partial charge in [-0.05, 0) is 38.0 Å². The van der Waals surface area contributed by atoms with Gasteiger partial charge in [0.05, 0.1) is 11.0 Å². The predicted molar refractivity (Wildman–Crippen MR) is 84.9 cm³/mol. The van der Waals surface area contributed by atoms with Crippen LogP contribution in [0.2, 0.25) is 0 Å². The normalized spacial score (nSPS) is 11.8. The maximum Gasteiger partial charge on any atom is 0.282 e. The van der Waals surface area contributed by atoms with E-state index >= 15 is 0 Å². The first kappa shape index (κ1) is 15.7. The molecule has 0 radical (unpaired) electrons. The number of benzene rings is 2. The van der Waals surface area contributed by atoms with Gasteiger partial charge in [0, 0.05) is 6.07 Å². The number of nitrogens with zero attached hydrogens (tertiary/aromatic N) is 1. The molecule has 2 aromatic carbocycles. The number of hydrogen-bond acceptors (Lipinski definition) is 3. The number of carbonyl (C=O) groups is 1. The first-order valence-electron chi connectivity index (χ1n) is 7.01. The minimum atomic E-state index is -0.544. The Bertz CT molecular complexity index is 726. The molecule has 0 aliphatic carbocycles. The fourth-order valence-corrected chi connectivity index (χ4v) is 2.40. The van der Waals surface area contributed by atoms with Gasteiger partial charge in [0.25, 0.3) is 11.6 Å². The fourth-order valence-electron chi connectivity index (χ4n) is 2.40. The van der Waals surface area contributed by atoms with Crippen LogP contribution in [0.15, 0.2) is 42.5 Å². The van der Waals surface area contributed by atoms with Crippen LogP contribution >= 0.6 is 0 Å². The number of amides is 1.